The Hall–Kier alpha value is -2.96. The molecule has 2 aromatic rings. The van der Waals surface area contributed by atoms with Gasteiger partial charge in [0.1, 0.15) is 6.10 Å². The van der Waals surface area contributed by atoms with Crippen LogP contribution < -0.4 is 9.47 Å². The lowest BCUT2D eigenvalue weighted by Crippen LogP contribution is -2.49. The number of hydrogen-bond donors (Lipinski definition) is 0. The number of ether oxygens (including phenoxy) is 4. The zero-order valence-corrected chi connectivity index (χ0v) is 26.3. The Bertz CT molecular complexity index is 1500. The summed E-state index contributed by atoms with van der Waals surface area (Å²) < 4.78 is 75.9. The van der Waals surface area contributed by atoms with Crippen molar-refractivity contribution in [3.05, 3.63) is 88.5 Å². The van der Waals surface area contributed by atoms with Gasteiger partial charge in [0.2, 0.25) is 10.0 Å². The fraction of sp³-hybridized carbons (Fsp3) is 0.387. The topological polar surface area (TPSA) is 91.4 Å². The molecular formula is C31H33Cl2F2NO7S. The van der Waals surface area contributed by atoms with E-state index in [1.54, 1.807) is 31.2 Å². The Morgan fingerprint density at radius 3 is 2.52 bits per heavy atom. The van der Waals surface area contributed by atoms with E-state index in [4.69, 9.17) is 37.4 Å². The van der Waals surface area contributed by atoms with E-state index in [1.807, 2.05) is 0 Å². The molecule has 1 saturated carbocycles. The number of benzene rings is 2. The molecule has 4 rings (SSSR count). The van der Waals surface area contributed by atoms with E-state index in [1.165, 1.54) is 40.7 Å². The molecule has 13 heteroatoms. The van der Waals surface area contributed by atoms with Gasteiger partial charge in [-0.25, -0.2) is 13.2 Å². The van der Waals surface area contributed by atoms with Gasteiger partial charge in [-0.1, -0.05) is 66.2 Å². The summed E-state index contributed by atoms with van der Waals surface area (Å²) in [6, 6.07) is 12.1. The number of hydrogen-bond acceptors (Lipinski definition) is 7. The summed E-state index contributed by atoms with van der Waals surface area (Å²) in [5, 5.41) is 0.499. The molecule has 44 heavy (non-hydrogen) atoms. The lowest BCUT2D eigenvalue weighted by molar-refractivity contribution is -0.166. The number of sulfonamides is 1. The first-order valence-corrected chi connectivity index (χ1v) is 16.1. The summed E-state index contributed by atoms with van der Waals surface area (Å²) in [4.78, 5) is 13.6. The van der Waals surface area contributed by atoms with Gasteiger partial charge >= 0.3 is 12.6 Å². The summed E-state index contributed by atoms with van der Waals surface area (Å²) in [5.74, 6) is -0.623. The highest BCUT2D eigenvalue weighted by molar-refractivity contribution is 7.89. The van der Waals surface area contributed by atoms with Crippen LogP contribution in [0.3, 0.4) is 0 Å². The standard InChI is InChI=1S/C31H33Cl2F2NO7S/c1-3-24(32)23(25(33)4-2)17-27(21-12-13-26(43-31(34)35)28(16-21)41-19-20-10-11-20)42-30(37)29-18-36(14-15-40-29)44(38,39)22-8-6-5-7-9-22/h3-9,12-13,16,20,27,29,31H,1,10-11,14-15,17-19H2,2H3/b24-23+,25-4+/t27-,29?/m0/s1. The molecule has 0 N–H and O–H groups in total. The van der Waals surface area contributed by atoms with Crippen molar-refractivity contribution >= 4 is 39.2 Å². The van der Waals surface area contributed by atoms with Crippen molar-refractivity contribution < 1.29 is 40.9 Å². The summed E-state index contributed by atoms with van der Waals surface area (Å²) in [6.07, 6.45) is 2.61. The van der Waals surface area contributed by atoms with Crippen LogP contribution in [0.5, 0.6) is 11.5 Å². The predicted octanol–water partition coefficient (Wildman–Crippen LogP) is 6.96. The third-order valence-corrected chi connectivity index (χ3v) is 9.77. The second-order valence-corrected chi connectivity index (χ2v) is 12.9. The number of allylic oxidation sites excluding steroid dienone is 4. The largest absolute Gasteiger partial charge is 0.489 e. The van der Waals surface area contributed by atoms with Gasteiger partial charge in [0, 0.05) is 23.0 Å². The highest BCUT2D eigenvalue weighted by Crippen LogP contribution is 2.39. The molecule has 1 aliphatic heterocycles. The van der Waals surface area contributed by atoms with Gasteiger partial charge in [-0.2, -0.15) is 13.1 Å². The van der Waals surface area contributed by atoms with Crippen LogP contribution in [-0.4, -0.2) is 57.7 Å². The second kappa shape index (κ2) is 15.4. The number of nitrogens with zero attached hydrogens (tertiary/aromatic N) is 1. The molecule has 0 spiro atoms. The van der Waals surface area contributed by atoms with Crippen LogP contribution in [0, 0.1) is 5.92 Å². The number of morpholine rings is 1. The molecular weight excluding hydrogens is 639 g/mol. The van der Waals surface area contributed by atoms with E-state index in [-0.39, 0.29) is 52.6 Å². The van der Waals surface area contributed by atoms with Crippen molar-refractivity contribution in [2.45, 2.75) is 49.9 Å². The number of rotatable bonds is 14. The average Bonchev–Trinajstić information content (AvgIpc) is 3.86. The molecule has 238 valence electrons. The van der Waals surface area contributed by atoms with Gasteiger partial charge in [0.25, 0.3) is 0 Å². The zero-order valence-electron chi connectivity index (χ0n) is 24.0. The van der Waals surface area contributed by atoms with Gasteiger partial charge in [-0.3, -0.25) is 0 Å². The smallest absolute Gasteiger partial charge is 0.387 e. The lowest BCUT2D eigenvalue weighted by Gasteiger charge is -2.32. The summed E-state index contributed by atoms with van der Waals surface area (Å²) in [6.45, 7) is 2.38. The Morgan fingerprint density at radius 2 is 1.89 bits per heavy atom. The predicted molar refractivity (Wildman–Crippen MR) is 162 cm³/mol. The SMILES string of the molecule is C=C/C(Cl)=C(C[C@H](OC(=O)C1CN(S(=O)(=O)c2ccccc2)CCO1)c1ccc(OC(F)F)c(OCC2CC2)c1)\C(Cl)=C/C. The molecule has 1 unspecified atom stereocenters. The number of halogens is 4. The molecule has 0 bridgehead atoms. The molecule has 1 aliphatic carbocycles. The van der Waals surface area contributed by atoms with Gasteiger partial charge in [-0.15, -0.1) is 0 Å². The monoisotopic (exact) mass is 671 g/mol. The summed E-state index contributed by atoms with van der Waals surface area (Å²) in [5.41, 5.74) is 0.789. The van der Waals surface area contributed by atoms with Crippen molar-refractivity contribution in [3.63, 3.8) is 0 Å². The molecule has 1 heterocycles. The third kappa shape index (κ3) is 8.82. The van der Waals surface area contributed by atoms with Gasteiger partial charge < -0.3 is 18.9 Å². The van der Waals surface area contributed by atoms with E-state index < -0.39 is 34.8 Å². The molecule has 1 saturated heterocycles. The fourth-order valence-electron chi connectivity index (χ4n) is 4.49. The minimum Gasteiger partial charge on any atom is -0.489 e. The van der Waals surface area contributed by atoms with E-state index in [2.05, 4.69) is 11.3 Å². The van der Waals surface area contributed by atoms with Crippen molar-refractivity contribution in [2.75, 3.05) is 26.3 Å². The van der Waals surface area contributed by atoms with Crippen LogP contribution in [-0.2, 0) is 24.3 Å². The van der Waals surface area contributed by atoms with E-state index in [0.29, 0.717) is 23.7 Å². The fourth-order valence-corrected chi connectivity index (χ4v) is 6.34. The molecule has 2 fully saturated rings. The lowest BCUT2D eigenvalue weighted by atomic mass is 9.99. The van der Waals surface area contributed by atoms with Crippen LogP contribution in [0.1, 0.15) is 37.9 Å². The highest BCUT2D eigenvalue weighted by atomic mass is 35.5. The normalized spacial score (nSPS) is 19.2. The second-order valence-electron chi connectivity index (χ2n) is 10.2. The first-order chi connectivity index (χ1) is 21.0. The Balaban J connectivity index is 1.64. The quantitative estimate of drug-likeness (QED) is 0.158. The van der Waals surface area contributed by atoms with Gasteiger partial charge in [-0.05, 0) is 61.1 Å². The minimum atomic E-state index is -3.89. The summed E-state index contributed by atoms with van der Waals surface area (Å²) in [7, 11) is -3.89. The molecule has 2 aromatic carbocycles. The van der Waals surface area contributed by atoms with Gasteiger partial charge in [0.05, 0.1) is 24.7 Å². The van der Waals surface area contributed by atoms with Gasteiger partial charge in [0.15, 0.2) is 17.6 Å². The van der Waals surface area contributed by atoms with Crippen LogP contribution in [0.15, 0.2) is 87.8 Å². The first-order valence-electron chi connectivity index (χ1n) is 14.0. The Morgan fingerprint density at radius 1 is 1.16 bits per heavy atom. The highest BCUT2D eigenvalue weighted by Gasteiger charge is 2.36. The maximum Gasteiger partial charge on any atom is 0.387 e. The number of esters is 1. The van der Waals surface area contributed by atoms with Crippen LogP contribution in [0.4, 0.5) is 8.78 Å². The van der Waals surface area contributed by atoms with Crippen molar-refractivity contribution in [1.29, 1.82) is 0 Å². The minimum absolute atomic E-state index is 0.0321. The Kier molecular flexibility index (Phi) is 11.8. The summed E-state index contributed by atoms with van der Waals surface area (Å²) >= 11 is 12.9. The van der Waals surface area contributed by atoms with E-state index in [9.17, 15) is 22.0 Å². The molecule has 0 aromatic heterocycles. The van der Waals surface area contributed by atoms with Crippen LogP contribution in [0.2, 0.25) is 0 Å². The maximum absolute atomic E-state index is 13.5. The van der Waals surface area contributed by atoms with Crippen molar-refractivity contribution in [2.24, 2.45) is 5.92 Å². The molecule has 2 aliphatic rings. The molecule has 0 amide bonds. The maximum atomic E-state index is 13.5. The van der Waals surface area contributed by atoms with E-state index >= 15 is 0 Å². The van der Waals surface area contributed by atoms with Crippen molar-refractivity contribution in [3.8, 4) is 11.5 Å². The van der Waals surface area contributed by atoms with E-state index in [0.717, 1.165) is 12.8 Å². The Labute approximate surface area is 265 Å². The van der Waals surface area contributed by atoms with Crippen LogP contribution >= 0.6 is 23.2 Å². The number of carbonyl (C=O) groups is 1. The number of alkyl halides is 2. The third-order valence-electron chi connectivity index (χ3n) is 7.06. The van der Waals surface area contributed by atoms with Crippen molar-refractivity contribution in [1.82, 2.24) is 4.31 Å². The molecule has 0 radical (unpaired) electrons. The van der Waals surface area contributed by atoms with Crippen LogP contribution in [0.25, 0.3) is 0 Å². The average molecular weight is 673 g/mol. The molecule has 2 atom stereocenters. The number of carbonyl (C=O) groups excluding carboxylic acids is 1. The first kappa shape index (κ1) is 33.9. The molecule has 8 nitrogen and oxygen atoms in total. The zero-order chi connectivity index (χ0) is 31.9.